The first-order chi connectivity index (χ1) is 14.9. The summed E-state index contributed by atoms with van der Waals surface area (Å²) >= 11 is 0. The van der Waals surface area contributed by atoms with Crippen molar-refractivity contribution in [1.82, 2.24) is 10.2 Å². The van der Waals surface area contributed by atoms with Crippen molar-refractivity contribution in [2.45, 2.75) is 44.2 Å². The van der Waals surface area contributed by atoms with Gasteiger partial charge in [0.1, 0.15) is 11.6 Å². The van der Waals surface area contributed by atoms with Crippen LogP contribution in [0.15, 0.2) is 48.5 Å². The van der Waals surface area contributed by atoms with Crippen LogP contribution in [0, 0.1) is 5.82 Å². The molecule has 6 nitrogen and oxygen atoms in total. The van der Waals surface area contributed by atoms with E-state index in [1.807, 2.05) is 30.3 Å². The zero-order valence-corrected chi connectivity index (χ0v) is 17.8. The van der Waals surface area contributed by atoms with Crippen LogP contribution in [0.2, 0.25) is 0 Å². The third-order valence-electron chi connectivity index (χ3n) is 5.77. The Kier molecular flexibility index (Phi) is 7.63. The number of methoxy groups -OCH3 is 1. The van der Waals surface area contributed by atoms with Gasteiger partial charge in [0.2, 0.25) is 11.8 Å². The minimum absolute atomic E-state index is 0.0905. The molecular weight excluding hydrogens is 399 g/mol. The average Bonchev–Trinajstić information content (AvgIpc) is 3.14. The maximum atomic E-state index is 14.4. The van der Waals surface area contributed by atoms with Crippen molar-refractivity contribution >= 4 is 11.8 Å². The molecule has 1 fully saturated rings. The molecule has 3 rings (SSSR count). The third-order valence-corrected chi connectivity index (χ3v) is 5.77. The molecule has 2 amide bonds. The van der Waals surface area contributed by atoms with Gasteiger partial charge in [-0.1, -0.05) is 30.3 Å². The molecule has 31 heavy (non-hydrogen) atoms. The van der Waals surface area contributed by atoms with E-state index < -0.39 is 5.54 Å². The Morgan fingerprint density at radius 2 is 2.03 bits per heavy atom. The van der Waals surface area contributed by atoms with E-state index in [4.69, 9.17) is 4.74 Å². The van der Waals surface area contributed by atoms with Crippen LogP contribution in [0.4, 0.5) is 4.39 Å². The molecule has 1 aliphatic heterocycles. The van der Waals surface area contributed by atoms with Crippen molar-refractivity contribution in [2.24, 2.45) is 0 Å². The molecule has 166 valence electrons. The number of carbonyl (C=O) groups is 2. The van der Waals surface area contributed by atoms with Crippen molar-refractivity contribution in [3.05, 3.63) is 65.5 Å². The highest BCUT2D eigenvalue weighted by molar-refractivity contribution is 5.80. The number of amides is 2. The van der Waals surface area contributed by atoms with Crippen LogP contribution in [0.3, 0.4) is 0 Å². The molecule has 1 aliphatic rings. The lowest BCUT2D eigenvalue weighted by Gasteiger charge is -2.31. The Morgan fingerprint density at radius 1 is 1.26 bits per heavy atom. The molecular formula is C24H29FN2O4. The second kappa shape index (κ2) is 10.4. The maximum absolute atomic E-state index is 14.4. The summed E-state index contributed by atoms with van der Waals surface area (Å²) in [6, 6.07) is 14.1. The molecule has 0 saturated carbocycles. The molecule has 0 radical (unpaired) electrons. The first-order valence-electron chi connectivity index (χ1n) is 10.5. The molecule has 1 saturated heterocycles. The van der Waals surface area contributed by atoms with Crippen molar-refractivity contribution in [3.63, 3.8) is 0 Å². The van der Waals surface area contributed by atoms with E-state index in [1.165, 1.54) is 13.2 Å². The number of nitrogens with one attached hydrogen (secondary N) is 1. The summed E-state index contributed by atoms with van der Waals surface area (Å²) in [5.41, 5.74) is 0.745. The van der Waals surface area contributed by atoms with Gasteiger partial charge in [0, 0.05) is 31.5 Å². The van der Waals surface area contributed by atoms with Crippen LogP contribution in [-0.4, -0.2) is 47.6 Å². The van der Waals surface area contributed by atoms with Crippen molar-refractivity contribution in [1.29, 1.82) is 0 Å². The Hall–Kier alpha value is -2.93. The lowest BCUT2D eigenvalue weighted by Crippen LogP contribution is -2.45. The molecule has 0 spiro atoms. The van der Waals surface area contributed by atoms with E-state index in [0.717, 1.165) is 5.56 Å². The van der Waals surface area contributed by atoms with Gasteiger partial charge in [0.05, 0.1) is 13.7 Å². The van der Waals surface area contributed by atoms with Crippen LogP contribution in [0.25, 0.3) is 0 Å². The Labute approximate surface area is 182 Å². The van der Waals surface area contributed by atoms with Crippen molar-refractivity contribution in [3.8, 4) is 5.75 Å². The van der Waals surface area contributed by atoms with Gasteiger partial charge >= 0.3 is 0 Å². The van der Waals surface area contributed by atoms with E-state index in [9.17, 15) is 19.1 Å². The Bertz CT molecular complexity index is 906. The van der Waals surface area contributed by atoms with Crippen LogP contribution in [0.5, 0.6) is 5.75 Å². The van der Waals surface area contributed by atoms with Gasteiger partial charge in [-0.05, 0) is 48.6 Å². The van der Waals surface area contributed by atoms with Crippen LogP contribution >= 0.6 is 0 Å². The average molecular weight is 429 g/mol. The van der Waals surface area contributed by atoms with Crippen LogP contribution in [0.1, 0.15) is 36.8 Å². The van der Waals surface area contributed by atoms with Crippen molar-refractivity contribution < 1.29 is 23.8 Å². The van der Waals surface area contributed by atoms with E-state index >= 15 is 0 Å². The number of hydrogen-bond donors (Lipinski definition) is 2. The summed E-state index contributed by atoms with van der Waals surface area (Å²) in [4.78, 5) is 26.6. The van der Waals surface area contributed by atoms with Crippen LogP contribution in [-0.2, 0) is 22.6 Å². The zero-order valence-electron chi connectivity index (χ0n) is 17.8. The molecule has 0 bridgehead atoms. The highest BCUT2D eigenvalue weighted by atomic mass is 19.1. The standard InChI is InChI=1S/C24H29FN2O4/c1-31-20-7-8-21(25)19(15-20)16-24(11-9-22(29)26-24)12-10-23(30)27(13-14-28)17-18-5-3-2-4-6-18/h2-8,15,28H,9-14,16-17H2,1H3,(H,26,29)/t24-/m0/s1. The lowest BCUT2D eigenvalue weighted by molar-refractivity contribution is -0.133. The molecule has 2 aromatic carbocycles. The first-order valence-corrected chi connectivity index (χ1v) is 10.5. The smallest absolute Gasteiger partial charge is 0.223 e. The zero-order chi connectivity index (χ0) is 22.3. The highest BCUT2D eigenvalue weighted by Gasteiger charge is 2.39. The molecule has 0 aliphatic carbocycles. The first kappa shape index (κ1) is 22.7. The number of aliphatic hydroxyl groups is 1. The largest absolute Gasteiger partial charge is 0.497 e. The minimum Gasteiger partial charge on any atom is -0.497 e. The maximum Gasteiger partial charge on any atom is 0.223 e. The van der Waals surface area contributed by atoms with Crippen molar-refractivity contribution in [2.75, 3.05) is 20.3 Å². The monoisotopic (exact) mass is 428 g/mol. The summed E-state index contributed by atoms with van der Waals surface area (Å²) < 4.78 is 19.6. The second-order valence-electron chi connectivity index (χ2n) is 7.99. The predicted molar refractivity (Wildman–Crippen MR) is 115 cm³/mol. The Balaban J connectivity index is 1.71. The molecule has 2 aromatic rings. The molecule has 7 heteroatoms. The normalized spacial score (nSPS) is 18.0. The highest BCUT2D eigenvalue weighted by Crippen LogP contribution is 2.32. The molecule has 0 aromatic heterocycles. The summed E-state index contributed by atoms with van der Waals surface area (Å²) in [5, 5.41) is 12.4. The minimum atomic E-state index is -0.683. The van der Waals surface area contributed by atoms with Gasteiger partial charge in [-0.2, -0.15) is 0 Å². The van der Waals surface area contributed by atoms with Gasteiger partial charge < -0.3 is 20.1 Å². The second-order valence-corrected chi connectivity index (χ2v) is 7.99. The molecule has 0 unspecified atom stereocenters. The Morgan fingerprint density at radius 3 is 2.68 bits per heavy atom. The number of halogens is 1. The van der Waals surface area contributed by atoms with E-state index in [0.29, 0.717) is 37.1 Å². The van der Waals surface area contributed by atoms with Gasteiger partial charge in [-0.25, -0.2) is 4.39 Å². The third kappa shape index (κ3) is 6.04. The fourth-order valence-electron chi connectivity index (χ4n) is 4.08. The number of nitrogens with zero attached hydrogens (tertiary/aromatic N) is 1. The number of rotatable bonds is 10. The van der Waals surface area contributed by atoms with E-state index in [1.54, 1.807) is 17.0 Å². The van der Waals surface area contributed by atoms with E-state index in [-0.39, 0.29) is 43.6 Å². The van der Waals surface area contributed by atoms with Gasteiger partial charge in [-0.3, -0.25) is 9.59 Å². The van der Waals surface area contributed by atoms with Gasteiger partial charge in [0.15, 0.2) is 0 Å². The van der Waals surface area contributed by atoms with Gasteiger partial charge in [-0.15, -0.1) is 0 Å². The lowest BCUT2D eigenvalue weighted by atomic mass is 9.84. The molecule has 1 atom stereocenters. The summed E-state index contributed by atoms with van der Waals surface area (Å²) in [5.74, 6) is -0.0145. The number of ether oxygens (including phenoxy) is 1. The summed E-state index contributed by atoms with van der Waals surface area (Å²) in [6.07, 6.45) is 1.76. The quantitative estimate of drug-likeness (QED) is 0.610. The number of aliphatic hydroxyl groups excluding tert-OH is 1. The topological polar surface area (TPSA) is 78.9 Å². The van der Waals surface area contributed by atoms with Crippen LogP contribution < -0.4 is 10.1 Å². The van der Waals surface area contributed by atoms with Gasteiger partial charge in [0.25, 0.3) is 0 Å². The van der Waals surface area contributed by atoms with E-state index in [2.05, 4.69) is 5.32 Å². The number of carbonyl (C=O) groups excluding carboxylic acids is 2. The predicted octanol–water partition coefficient (Wildman–Crippen LogP) is 2.83. The number of hydrogen-bond acceptors (Lipinski definition) is 4. The fourth-order valence-corrected chi connectivity index (χ4v) is 4.08. The summed E-state index contributed by atoms with van der Waals surface area (Å²) in [6.45, 7) is 0.511. The molecule has 2 N–H and O–H groups in total. The number of benzene rings is 2. The fraction of sp³-hybridized carbons (Fsp3) is 0.417. The summed E-state index contributed by atoms with van der Waals surface area (Å²) in [7, 11) is 1.52. The molecule has 1 heterocycles. The SMILES string of the molecule is COc1ccc(F)c(C[C@@]2(CCC(=O)N(CCO)Cc3ccccc3)CCC(=O)N2)c1.